The fourth-order valence-corrected chi connectivity index (χ4v) is 3.59. The third-order valence-electron chi connectivity index (χ3n) is 4.63. The van der Waals surface area contributed by atoms with Crippen LogP contribution in [0, 0.1) is 6.92 Å². The van der Waals surface area contributed by atoms with Gasteiger partial charge in [-0.05, 0) is 57.9 Å². The van der Waals surface area contributed by atoms with Gasteiger partial charge in [-0.2, -0.15) is 0 Å². The van der Waals surface area contributed by atoms with Crippen molar-refractivity contribution in [2.24, 2.45) is 0 Å². The number of imidazole rings is 1. The van der Waals surface area contributed by atoms with Crippen molar-refractivity contribution in [3.63, 3.8) is 0 Å². The van der Waals surface area contributed by atoms with Crippen molar-refractivity contribution in [1.29, 1.82) is 0 Å². The molecule has 1 saturated heterocycles. The zero-order chi connectivity index (χ0) is 16.0. The molecular weight excluding hydrogens is 288 g/mol. The molecule has 4 rings (SSSR count). The summed E-state index contributed by atoms with van der Waals surface area (Å²) < 4.78 is 8.13. The fourth-order valence-electron chi connectivity index (χ4n) is 3.59. The molecular formula is C18H22N4O. The van der Waals surface area contributed by atoms with E-state index in [1.165, 1.54) is 6.42 Å². The molecule has 1 fully saturated rings. The van der Waals surface area contributed by atoms with Crippen LogP contribution in [0.2, 0.25) is 0 Å². The molecule has 0 saturated carbocycles. The quantitative estimate of drug-likeness (QED) is 0.733. The number of aryl methyl sites for hydroxylation is 1. The Balaban J connectivity index is 1.93. The van der Waals surface area contributed by atoms with E-state index in [0.717, 1.165) is 41.5 Å². The average molecular weight is 310 g/mol. The van der Waals surface area contributed by atoms with Gasteiger partial charge in [0.1, 0.15) is 11.3 Å². The summed E-state index contributed by atoms with van der Waals surface area (Å²) in [4.78, 5) is 11.9. The minimum absolute atomic E-state index is 0.287. The van der Waals surface area contributed by atoms with Crippen LogP contribution in [0.1, 0.15) is 38.6 Å². The Bertz CT molecular complexity index is 833. The van der Waals surface area contributed by atoms with E-state index in [2.05, 4.69) is 28.3 Å². The van der Waals surface area contributed by atoms with E-state index in [0.29, 0.717) is 6.04 Å². The molecule has 0 aromatic carbocycles. The minimum atomic E-state index is 0.287. The zero-order valence-corrected chi connectivity index (χ0v) is 13.9. The number of hydrogen-bond acceptors (Lipinski definition) is 4. The largest absolute Gasteiger partial charge is 0.458 e. The van der Waals surface area contributed by atoms with Crippen LogP contribution in [0.15, 0.2) is 34.9 Å². The van der Waals surface area contributed by atoms with Crippen molar-refractivity contribution in [2.45, 2.75) is 45.8 Å². The van der Waals surface area contributed by atoms with Crippen LogP contribution in [-0.4, -0.2) is 32.0 Å². The summed E-state index contributed by atoms with van der Waals surface area (Å²) in [7, 11) is 0. The first-order chi connectivity index (χ1) is 11.1. The Kier molecular flexibility index (Phi) is 3.45. The molecule has 3 aromatic heterocycles. The van der Waals surface area contributed by atoms with Gasteiger partial charge in [0.05, 0.1) is 6.17 Å². The first-order valence-electron chi connectivity index (χ1n) is 8.30. The molecule has 0 bridgehead atoms. The van der Waals surface area contributed by atoms with Gasteiger partial charge in [0.2, 0.25) is 0 Å². The van der Waals surface area contributed by atoms with Crippen molar-refractivity contribution in [1.82, 2.24) is 19.4 Å². The molecule has 0 amide bonds. The number of aromatic nitrogens is 3. The van der Waals surface area contributed by atoms with Gasteiger partial charge in [0.15, 0.2) is 17.2 Å². The Morgan fingerprint density at radius 3 is 2.87 bits per heavy atom. The van der Waals surface area contributed by atoms with Crippen LogP contribution in [0.25, 0.3) is 22.7 Å². The lowest BCUT2D eigenvalue weighted by Crippen LogP contribution is -2.33. The van der Waals surface area contributed by atoms with Gasteiger partial charge in [0, 0.05) is 18.8 Å². The predicted octanol–water partition coefficient (Wildman–Crippen LogP) is 4.00. The molecule has 120 valence electrons. The van der Waals surface area contributed by atoms with Gasteiger partial charge in [0.25, 0.3) is 0 Å². The fraction of sp³-hybridized carbons (Fsp3) is 0.444. The minimum Gasteiger partial charge on any atom is -0.458 e. The molecule has 1 aliphatic heterocycles. The van der Waals surface area contributed by atoms with Crippen LogP contribution in [-0.2, 0) is 0 Å². The number of nitrogens with zero attached hydrogens (tertiary/aromatic N) is 4. The molecule has 23 heavy (non-hydrogen) atoms. The van der Waals surface area contributed by atoms with Crippen molar-refractivity contribution < 1.29 is 4.42 Å². The van der Waals surface area contributed by atoms with Gasteiger partial charge in [-0.15, -0.1) is 0 Å². The average Bonchev–Trinajstić information content (AvgIpc) is 3.22. The molecule has 0 spiro atoms. The van der Waals surface area contributed by atoms with Crippen LogP contribution in [0.3, 0.4) is 0 Å². The highest BCUT2D eigenvalue weighted by atomic mass is 16.3. The van der Waals surface area contributed by atoms with Crippen LogP contribution in [0.5, 0.6) is 0 Å². The maximum atomic E-state index is 5.87. The smallest absolute Gasteiger partial charge is 0.179 e. The van der Waals surface area contributed by atoms with Gasteiger partial charge in [-0.3, -0.25) is 9.47 Å². The molecule has 1 aliphatic rings. The topological polar surface area (TPSA) is 47.1 Å². The third-order valence-corrected chi connectivity index (χ3v) is 4.63. The molecule has 1 unspecified atom stereocenters. The van der Waals surface area contributed by atoms with Crippen molar-refractivity contribution in [2.75, 3.05) is 6.54 Å². The Morgan fingerprint density at radius 2 is 2.13 bits per heavy atom. The number of rotatable bonds is 3. The second-order valence-corrected chi connectivity index (χ2v) is 6.52. The molecule has 0 radical (unpaired) electrons. The normalized spacial score (nSPS) is 19.2. The van der Waals surface area contributed by atoms with E-state index < -0.39 is 0 Å². The lowest BCUT2D eigenvalue weighted by molar-refractivity contribution is 0.155. The first kappa shape index (κ1) is 14.5. The molecule has 0 aliphatic carbocycles. The molecule has 0 N–H and O–H groups in total. The third kappa shape index (κ3) is 2.36. The molecule has 5 nitrogen and oxygen atoms in total. The maximum Gasteiger partial charge on any atom is 0.179 e. The lowest BCUT2D eigenvalue weighted by Gasteiger charge is -2.30. The summed E-state index contributed by atoms with van der Waals surface area (Å²) in [6, 6.07) is 8.44. The monoisotopic (exact) mass is 310 g/mol. The highest BCUT2D eigenvalue weighted by Crippen LogP contribution is 2.36. The van der Waals surface area contributed by atoms with E-state index in [1.807, 2.05) is 37.4 Å². The molecule has 1 atom stereocenters. The van der Waals surface area contributed by atoms with Crippen LogP contribution in [0.4, 0.5) is 0 Å². The number of fused-ring (bicyclic) bond motifs is 1. The summed E-state index contributed by atoms with van der Waals surface area (Å²) in [6.45, 7) is 7.58. The maximum absolute atomic E-state index is 5.87. The Labute approximate surface area is 135 Å². The highest BCUT2D eigenvalue weighted by Gasteiger charge is 2.32. The van der Waals surface area contributed by atoms with E-state index >= 15 is 0 Å². The highest BCUT2D eigenvalue weighted by molar-refractivity contribution is 5.76. The van der Waals surface area contributed by atoms with E-state index in [1.54, 1.807) is 0 Å². The van der Waals surface area contributed by atoms with Gasteiger partial charge in [-0.1, -0.05) is 0 Å². The Morgan fingerprint density at radius 1 is 1.26 bits per heavy atom. The standard InChI is InChI=1S/C18H22N4O/c1-12(2)21-11-5-7-16(21)22-17-14(6-4-10-19-17)20-18(22)15-9-8-13(3)23-15/h4,6,8-10,12,16H,5,7,11H2,1-3H3. The summed E-state index contributed by atoms with van der Waals surface area (Å²) in [6.07, 6.45) is 4.45. The Hall–Kier alpha value is -2.14. The van der Waals surface area contributed by atoms with E-state index in [9.17, 15) is 0 Å². The van der Waals surface area contributed by atoms with E-state index in [4.69, 9.17) is 9.40 Å². The molecule has 4 heterocycles. The van der Waals surface area contributed by atoms with Gasteiger partial charge < -0.3 is 4.42 Å². The summed E-state index contributed by atoms with van der Waals surface area (Å²) in [5, 5.41) is 0. The second kappa shape index (κ2) is 5.49. The lowest BCUT2D eigenvalue weighted by atomic mass is 10.3. The number of hydrogen-bond donors (Lipinski definition) is 0. The van der Waals surface area contributed by atoms with Gasteiger partial charge >= 0.3 is 0 Å². The molecule has 3 aromatic rings. The number of likely N-dealkylation sites (tertiary alicyclic amines) is 1. The summed E-state index contributed by atoms with van der Waals surface area (Å²) in [5.74, 6) is 2.60. The summed E-state index contributed by atoms with van der Waals surface area (Å²) in [5.41, 5.74) is 1.86. The second-order valence-electron chi connectivity index (χ2n) is 6.52. The van der Waals surface area contributed by atoms with E-state index in [-0.39, 0.29) is 6.17 Å². The van der Waals surface area contributed by atoms with Crippen molar-refractivity contribution in [3.05, 3.63) is 36.2 Å². The SMILES string of the molecule is Cc1ccc(-c2nc3cccnc3n2C2CCCN2C(C)C)o1. The van der Waals surface area contributed by atoms with Gasteiger partial charge in [-0.25, -0.2) is 9.97 Å². The number of pyridine rings is 1. The van der Waals surface area contributed by atoms with Crippen molar-refractivity contribution in [3.8, 4) is 11.6 Å². The van der Waals surface area contributed by atoms with Crippen LogP contribution < -0.4 is 0 Å². The first-order valence-corrected chi connectivity index (χ1v) is 8.30. The number of furan rings is 1. The zero-order valence-electron chi connectivity index (χ0n) is 13.9. The predicted molar refractivity (Wildman–Crippen MR) is 90.1 cm³/mol. The van der Waals surface area contributed by atoms with Crippen molar-refractivity contribution >= 4 is 11.2 Å². The summed E-state index contributed by atoms with van der Waals surface area (Å²) >= 11 is 0. The molecule has 5 heteroatoms. The van der Waals surface area contributed by atoms with Crippen LogP contribution >= 0.6 is 0 Å².